The third-order valence-electron chi connectivity index (χ3n) is 2.43. The summed E-state index contributed by atoms with van der Waals surface area (Å²) in [5.74, 6) is 2.11. The summed E-state index contributed by atoms with van der Waals surface area (Å²) in [6.45, 7) is 2.18. The van der Waals surface area contributed by atoms with Crippen LogP contribution >= 0.6 is 23.2 Å². The summed E-state index contributed by atoms with van der Waals surface area (Å²) < 4.78 is 7.42. The first-order chi connectivity index (χ1) is 8.08. The van der Waals surface area contributed by atoms with Crippen LogP contribution in [-0.2, 0) is 13.7 Å². The van der Waals surface area contributed by atoms with Gasteiger partial charge >= 0.3 is 0 Å². The molecular weight excluding hydrogens is 261 g/mol. The van der Waals surface area contributed by atoms with Crippen LogP contribution in [0.4, 0.5) is 0 Å². The standard InChI is InChI=1S/C11H11Cl2N3O/c1-7-14-15-11(16(7)2)6-17-10-5-8(12)3-4-9(10)13/h3-5H,6H2,1-2H3. The predicted molar refractivity (Wildman–Crippen MR) is 66.5 cm³/mol. The van der Waals surface area contributed by atoms with Crippen LogP contribution in [0.5, 0.6) is 5.75 Å². The lowest BCUT2D eigenvalue weighted by atomic mass is 10.3. The normalized spacial score (nSPS) is 10.6. The van der Waals surface area contributed by atoms with Crippen molar-refractivity contribution in [1.29, 1.82) is 0 Å². The molecule has 0 bridgehead atoms. The molecule has 17 heavy (non-hydrogen) atoms. The minimum Gasteiger partial charge on any atom is -0.484 e. The molecule has 6 heteroatoms. The third kappa shape index (κ3) is 2.70. The number of hydrogen-bond acceptors (Lipinski definition) is 3. The first kappa shape index (κ1) is 12.2. The molecule has 0 fully saturated rings. The molecule has 0 radical (unpaired) electrons. The molecule has 0 spiro atoms. The molecule has 0 saturated carbocycles. The van der Waals surface area contributed by atoms with E-state index in [2.05, 4.69) is 10.2 Å². The Hall–Kier alpha value is -1.26. The highest BCUT2D eigenvalue weighted by molar-refractivity contribution is 6.34. The minimum atomic E-state index is 0.303. The van der Waals surface area contributed by atoms with Crippen LogP contribution in [-0.4, -0.2) is 14.8 Å². The topological polar surface area (TPSA) is 39.9 Å². The van der Waals surface area contributed by atoms with Gasteiger partial charge in [0.2, 0.25) is 0 Å². The Morgan fingerprint density at radius 1 is 1.29 bits per heavy atom. The molecule has 0 N–H and O–H groups in total. The van der Waals surface area contributed by atoms with Gasteiger partial charge in [-0.3, -0.25) is 0 Å². The summed E-state index contributed by atoms with van der Waals surface area (Å²) in [7, 11) is 1.88. The van der Waals surface area contributed by atoms with Gasteiger partial charge in [-0.2, -0.15) is 0 Å². The maximum absolute atomic E-state index is 5.98. The van der Waals surface area contributed by atoms with Crippen molar-refractivity contribution in [3.05, 3.63) is 39.9 Å². The molecule has 0 aliphatic rings. The van der Waals surface area contributed by atoms with Crippen LogP contribution < -0.4 is 4.74 Å². The average Bonchev–Trinajstić information content (AvgIpc) is 2.62. The molecule has 4 nitrogen and oxygen atoms in total. The van der Waals surface area contributed by atoms with Gasteiger partial charge in [0, 0.05) is 18.1 Å². The highest BCUT2D eigenvalue weighted by atomic mass is 35.5. The van der Waals surface area contributed by atoms with Crippen LogP contribution in [0.15, 0.2) is 18.2 Å². The molecule has 90 valence electrons. The second-order valence-electron chi connectivity index (χ2n) is 3.59. The van der Waals surface area contributed by atoms with Crippen molar-refractivity contribution >= 4 is 23.2 Å². The van der Waals surface area contributed by atoms with E-state index in [1.807, 2.05) is 18.5 Å². The van der Waals surface area contributed by atoms with Gasteiger partial charge in [0.1, 0.15) is 18.2 Å². The molecule has 1 aromatic heterocycles. The van der Waals surface area contributed by atoms with E-state index in [4.69, 9.17) is 27.9 Å². The van der Waals surface area contributed by atoms with Crippen molar-refractivity contribution in [2.45, 2.75) is 13.5 Å². The molecule has 0 amide bonds. The summed E-state index contributed by atoms with van der Waals surface area (Å²) in [6, 6.07) is 5.08. The Morgan fingerprint density at radius 3 is 2.71 bits per heavy atom. The van der Waals surface area contributed by atoms with Crippen LogP contribution in [0.3, 0.4) is 0 Å². The Morgan fingerprint density at radius 2 is 2.06 bits per heavy atom. The highest BCUT2D eigenvalue weighted by Gasteiger charge is 2.07. The highest BCUT2D eigenvalue weighted by Crippen LogP contribution is 2.28. The lowest BCUT2D eigenvalue weighted by Gasteiger charge is -2.07. The fraction of sp³-hybridized carbons (Fsp3) is 0.273. The Labute approximate surface area is 109 Å². The van der Waals surface area contributed by atoms with E-state index in [9.17, 15) is 0 Å². The van der Waals surface area contributed by atoms with Gasteiger partial charge in [0.15, 0.2) is 5.82 Å². The maximum Gasteiger partial charge on any atom is 0.170 e. The summed E-state index contributed by atoms with van der Waals surface area (Å²) >= 11 is 11.8. The van der Waals surface area contributed by atoms with Crippen molar-refractivity contribution in [3.8, 4) is 5.75 Å². The number of nitrogens with zero attached hydrogens (tertiary/aromatic N) is 3. The first-order valence-electron chi connectivity index (χ1n) is 5.00. The van der Waals surface area contributed by atoms with Gasteiger partial charge in [-0.1, -0.05) is 23.2 Å². The Kier molecular flexibility index (Phi) is 3.54. The van der Waals surface area contributed by atoms with E-state index in [0.717, 1.165) is 11.6 Å². The van der Waals surface area contributed by atoms with Gasteiger partial charge in [0.25, 0.3) is 0 Å². The number of hydrogen-bond donors (Lipinski definition) is 0. The van der Waals surface area contributed by atoms with E-state index in [1.165, 1.54) is 0 Å². The molecule has 0 atom stereocenters. The lowest BCUT2D eigenvalue weighted by Crippen LogP contribution is -2.04. The van der Waals surface area contributed by atoms with Crippen molar-refractivity contribution in [2.24, 2.45) is 7.05 Å². The zero-order chi connectivity index (χ0) is 12.4. The lowest BCUT2D eigenvalue weighted by molar-refractivity contribution is 0.291. The molecule has 1 aromatic carbocycles. The SMILES string of the molecule is Cc1nnc(COc2cc(Cl)ccc2Cl)n1C. The third-order valence-corrected chi connectivity index (χ3v) is 2.98. The quantitative estimate of drug-likeness (QED) is 0.862. The van der Waals surface area contributed by atoms with E-state index in [-0.39, 0.29) is 0 Å². The molecule has 1 heterocycles. The van der Waals surface area contributed by atoms with Gasteiger partial charge in [0.05, 0.1) is 5.02 Å². The Bertz CT molecular complexity index is 540. The summed E-state index contributed by atoms with van der Waals surface area (Å²) in [4.78, 5) is 0. The molecular formula is C11H11Cl2N3O. The van der Waals surface area contributed by atoms with E-state index >= 15 is 0 Å². The molecule has 0 unspecified atom stereocenters. The predicted octanol–water partition coefficient (Wildman–Crippen LogP) is 3.01. The summed E-state index contributed by atoms with van der Waals surface area (Å²) in [6.07, 6.45) is 0. The fourth-order valence-corrected chi connectivity index (χ4v) is 1.64. The molecule has 2 aromatic rings. The number of ether oxygens (including phenoxy) is 1. The second kappa shape index (κ2) is 4.94. The molecule has 0 aliphatic heterocycles. The van der Waals surface area contributed by atoms with Crippen LogP contribution in [0.25, 0.3) is 0 Å². The van der Waals surface area contributed by atoms with Crippen molar-refractivity contribution in [1.82, 2.24) is 14.8 Å². The van der Waals surface area contributed by atoms with E-state index in [1.54, 1.807) is 18.2 Å². The summed E-state index contributed by atoms with van der Waals surface area (Å²) in [5, 5.41) is 9.04. The second-order valence-corrected chi connectivity index (χ2v) is 4.43. The number of aromatic nitrogens is 3. The monoisotopic (exact) mass is 271 g/mol. The van der Waals surface area contributed by atoms with Crippen LogP contribution in [0.2, 0.25) is 10.0 Å². The van der Waals surface area contributed by atoms with Crippen molar-refractivity contribution in [3.63, 3.8) is 0 Å². The zero-order valence-electron chi connectivity index (χ0n) is 9.44. The van der Waals surface area contributed by atoms with Gasteiger partial charge < -0.3 is 9.30 Å². The molecule has 0 aliphatic carbocycles. The number of aryl methyl sites for hydroxylation is 1. The van der Waals surface area contributed by atoms with Crippen LogP contribution in [0, 0.1) is 6.92 Å². The smallest absolute Gasteiger partial charge is 0.170 e. The molecule has 2 rings (SSSR count). The Balaban J connectivity index is 2.12. The van der Waals surface area contributed by atoms with Crippen molar-refractivity contribution in [2.75, 3.05) is 0 Å². The average molecular weight is 272 g/mol. The zero-order valence-corrected chi connectivity index (χ0v) is 11.0. The molecule has 0 saturated heterocycles. The fourth-order valence-electron chi connectivity index (χ4n) is 1.31. The first-order valence-corrected chi connectivity index (χ1v) is 5.76. The minimum absolute atomic E-state index is 0.303. The maximum atomic E-state index is 5.98. The van der Waals surface area contributed by atoms with Gasteiger partial charge in [-0.05, 0) is 19.1 Å². The number of rotatable bonds is 3. The van der Waals surface area contributed by atoms with E-state index in [0.29, 0.717) is 22.4 Å². The summed E-state index contributed by atoms with van der Waals surface area (Å²) in [5.41, 5.74) is 0. The number of halogens is 2. The largest absolute Gasteiger partial charge is 0.484 e. The van der Waals surface area contributed by atoms with Crippen molar-refractivity contribution < 1.29 is 4.74 Å². The van der Waals surface area contributed by atoms with E-state index < -0.39 is 0 Å². The van der Waals surface area contributed by atoms with Crippen LogP contribution in [0.1, 0.15) is 11.6 Å². The van der Waals surface area contributed by atoms with Gasteiger partial charge in [-0.15, -0.1) is 10.2 Å². The number of benzene rings is 1. The van der Waals surface area contributed by atoms with Gasteiger partial charge in [-0.25, -0.2) is 0 Å².